The maximum Gasteiger partial charge on any atom is 0.421 e. The standard InChI is InChI=1S/C24H30F3N3O5S2/c1-23(32,24(25,26)27)16-4-6-17(7-5-16)29-9-8-28(37(33,34)22-3-2-10-36-22)12-19(29)13-30-18-11-21(31)20(30)15-35-14-18/h2-7,10,18-21,31-32H,8-9,11-15H2,1H3/t18-,19-,20-,21+,23-/m1/s1. The molecule has 8 nitrogen and oxygen atoms in total. The maximum atomic E-state index is 13.3. The molecule has 37 heavy (non-hydrogen) atoms. The van der Waals surface area contributed by atoms with Crippen LogP contribution in [0.15, 0.2) is 46.0 Å². The van der Waals surface area contributed by atoms with Gasteiger partial charge in [-0.1, -0.05) is 18.2 Å². The van der Waals surface area contributed by atoms with Crippen molar-refractivity contribution in [3.63, 3.8) is 0 Å². The monoisotopic (exact) mass is 561 g/mol. The van der Waals surface area contributed by atoms with Gasteiger partial charge >= 0.3 is 6.18 Å². The average Bonchev–Trinajstić information content (AvgIpc) is 3.44. The number of alkyl halides is 3. The molecule has 13 heteroatoms. The van der Waals surface area contributed by atoms with E-state index >= 15 is 0 Å². The zero-order valence-corrected chi connectivity index (χ0v) is 21.8. The minimum atomic E-state index is -4.82. The van der Waals surface area contributed by atoms with E-state index in [0.29, 0.717) is 38.4 Å². The van der Waals surface area contributed by atoms with Gasteiger partial charge in [0.25, 0.3) is 10.0 Å². The molecule has 0 amide bonds. The zero-order chi connectivity index (χ0) is 26.6. The van der Waals surface area contributed by atoms with Gasteiger partial charge in [-0.2, -0.15) is 17.5 Å². The molecule has 0 radical (unpaired) electrons. The van der Waals surface area contributed by atoms with E-state index in [1.54, 1.807) is 17.5 Å². The molecule has 3 fully saturated rings. The van der Waals surface area contributed by atoms with Crippen molar-refractivity contribution in [1.29, 1.82) is 0 Å². The van der Waals surface area contributed by atoms with Crippen molar-refractivity contribution in [2.24, 2.45) is 0 Å². The summed E-state index contributed by atoms with van der Waals surface area (Å²) in [5.41, 5.74) is -2.61. The number of aliphatic hydroxyl groups is 2. The predicted octanol–water partition coefficient (Wildman–Crippen LogP) is 2.23. The molecule has 5 rings (SSSR count). The molecule has 1 aromatic heterocycles. The zero-order valence-electron chi connectivity index (χ0n) is 20.2. The normalized spacial score (nSPS) is 29.4. The van der Waals surface area contributed by atoms with Crippen molar-refractivity contribution in [2.75, 3.05) is 44.3 Å². The van der Waals surface area contributed by atoms with Gasteiger partial charge in [-0.3, -0.25) is 4.90 Å². The quantitative estimate of drug-likeness (QED) is 0.559. The maximum absolute atomic E-state index is 13.3. The number of benzene rings is 1. The first-order valence-corrected chi connectivity index (χ1v) is 14.4. The number of anilines is 1. The Morgan fingerprint density at radius 3 is 2.49 bits per heavy atom. The van der Waals surface area contributed by atoms with Crippen LogP contribution >= 0.6 is 11.3 Å². The van der Waals surface area contributed by atoms with Crippen LogP contribution in [0.4, 0.5) is 18.9 Å². The summed E-state index contributed by atoms with van der Waals surface area (Å²) < 4.78 is 73.9. The second-order valence-corrected chi connectivity index (χ2v) is 13.1. The van der Waals surface area contributed by atoms with E-state index in [1.807, 2.05) is 4.90 Å². The molecule has 3 saturated heterocycles. The van der Waals surface area contributed by atoms with E-state index in [2.05, 4.69) is 4.90 Å². The molecule has 2 aromatic rings. The largest absolute Gasteiger partial charge is 0.421 e. The van der Waals surface area contributed by atoms with E-state index in [-0.39, 0.29) is 41.0 Å². The van der Waals surface area contributed by atoms with Crippen molar-refractivity contribution in [1.82, 2.24) is 9.21 Å². The fraction of sp³-hybridized carbons (Fsp3) is 0.583. The SMILES string of the molecule is C[C@@](O)(c1ccc(N2CCN(S(=O)(=O)c3cccs3)C[C@@H]2CN2[C@H]3COC[C@@H]2[C@@H](O)C3)cc1)C(F)(F)F. The summed E-state index contributed by atoms with van der Waals surface area (Å²) in [5, 5.41) is 22.3. The number of thiophene rings is 1. The first kappa shape index (κ1) is 26.9. The van der Waals surface area contributed by atoms with Gasteiger partial charge < -0.3 is 19.8 Å². The Morgan fingerprint density at radius 2 is 1.86 bits per heavy atom. The van der Waals surface area contributed by atoms with E-state index in [9.17, 15) is 31.8 Å². The lowest BCUT2D eigenvalue weighted by Gasteiger charge is -2.46. The second-order valence-electron chi connectivity index (χ2n) is 10.0. The minimum absolute atomic E-state index is 0.0177. The van der Waals surface area contributed by atoms with E-state index in [0.717, 1.165) is 18.3 Å². The predicted molar refractivity (Wildman–Crippen MR) is 132 cm³/mol. The Balaban J connectivity index is 1.43. The Hall–Kier alpha value is -1.74. The van der Waals surface area contributed by atoms with Gasteiger partial charge in [0, 0.05) is 37.9 Å². The van der Waals surface area contributed by atoms with Crippen molar-refractivity contribution < 1.29 is 36.5 Å². The topological polar surface area (TPSA) is 93.6 Å². The van der Waals surface area contributed by atoms with Gasteiger partial charge in [-0.25, -0.2) is 8.42 Å². The lowest BCUT2D eigenvalue weighted by molar-refractivity contribution is -0.258. The van der Waals surface area contributed by atoms with Gasteiger partial charge in [0.05, 0.1) is 31.4 Å². The minimum Gasteiger partial charge on any atom is -0.391 e. The molecule has 1 aromatic carbocycles. The van der Waals surface area contributed by atoms with Crippen molar-refractivity contribution in [3.8, 4) is 0 Å². The Bertz CT molecular complexity index is 1190. The van der Waals surface area contributed by atoms with E-state index < -0.39 is 27.9 Å². The summed E-state index contributed by atoms with van der Waals surface area (Å²) in [6, 6.07) is 8.38. The number of sulfonamides is 1. The van der Waals surface area contributed by atoms with Crippen LogP contribution in [0.2, 0.25) is 0 Å². The first-order valence-electron chi connectivity index (χ1n) is 12.1. The van der Waals surface area contributed by atoms with Crippen LogP contribution in [-0.2, 0) is 20.4 Å². The molecule has 0 unspecified atom stereocenters. The lowest BCUT2D eigenvalue weighted by Crippen LogP contribution is -2.61. The third-order valence-electron chi connectivity index (χ3n) is 7.72. The molecule has 2 bridgehead atoms. The van der Waals surface area contributed by atoms with Gasteiger partial charge in [0.2, 0.25) is 0 Å². The van der Waals surface area contributed by atoms with Gasteiger partial charge in [0.1, 0.15) is 4.21 Å². The highest BCUT2D eigenvalue weighted by Gasteiger charge is 2.51. The van der Waals surface area contributed by atoms with Crippen LogP contribution in [-0.4, -0.2) is 97.6 Å². The molecule has 204 valence electrons. The highest BCUT2D eigenvalue weighted by Crippen LogP contribution is 2.39. The fourth-order valence-corrected chi connectivity index (χ4v) is 8.12. The molecule has 0 saturated carbocycles. The molecule has 4 heterocycles. The van der Waals surface area contributed by atoms with E-state index in [4.69, 9.17) is 4.74 Å². The average molecular weight is 562 g/mol. The van der Waals surface area contributed by atoms with Gasteiger partial charge in [-0.05, 0) is 42.5 Å². The van der Waals surface area contributed by atoms with Gasteiger partial charge in [0.15, 0.2) is 5.60 Å². The number of rotatable bonds is 6. The summed E-state index contributed by atoms with van der Waals surface area (Å²) >= 11 is 1.16. The smallest absolute Gasteiger partial charge is 0.391 e. The molecule has 3 aliphatic heterocycles. The van der Waals surface area contributed by atoms with Crippen molar-refractivity contribution in [3.05, 3.63) is 47.3 Å². The summed E-state index contributed by atoms with van der Waals surface area (Å²) in [6.07, 6.45) is -4.77. The number of morpholine rings is 1. The number of hydrogen-bond donors (Lipinski definition) is 2. The van der Waals surface area contributed by atoms with Crippen LogP contribution in [0.5, 0.6) is 0 Å². The van der Waals surface area contributed by atoms with E-state index in [1.165, 1.54) is 28.6 Å². The first-order chi connectivity index (χ1) is 17.4. The molecule has 3 aliphatic rings. The van der Waals surface area contributed by atoms with Crippen molar-refractivity contribution in [2.45, 2.75) is 53.6 Å². The van der Waals surface area contributed by atoms with Crippen LogP contribution in [0.25, 0.3) is 0 Å². The van der Waals surface area contributed by atoms with Crippen LogP contribution in [0.3, 0.4) is 0 Å². The Labute approximate surface area is 217 Å². The molecule has 2 N–H and O–H groups in total. The number of halogens is 3. The third kappa shape index (κ3) is 4.90. The Kier molecular flexibility index (Phi) is 7.10. The summed E-state index contributed by atoms with van der Waals surface area (Å²) in [7, 11) is -3.69. The highest BCUT2D eigenvalue weighted by atomic mass is 32.2. The fourth-order valence-electron chi connectivity index (χ4n) is 5.51. The number of fused-ring (bicyclic) bond motifs is 2. The summed E-state index contributed by atoms with van der Waals surface area (Å²) in [5.74, 6) is 0. The number of aliphatic hydroxyl groups excluding tert-OH is 1. The lowest BCUT2D eigenvalue weighted by atomic mass is 9.95. The summed E-state index contributed by atoms with van der Waals surface area (Å²) in [4.78, 5) is 4.18. The molecule has 0 spiro atoms. The number of piperazine rings is 1. The number of hydrogen-bond acceptors (Lipinski definition) is 8. The summed E-state index contributed by atoms with van der Waals surface area (Å²) in [6.45, 7) is 2.81. The molecular weight excluding hydrogens is 531 g/mol. The molecule has 5 atom stereocenters. The van der Waals surface area contributed by atoms with Crippen LogP contribution in [0.1, 0.15) is 18.9 Å². The molecular formula is C24H30F3N3O5S2. The highest BCUT2D eigenvalue weighted by molar-refractivity contribution is 7.91. The van der Waals surface area contributed by atoms with Gasteiger partial charge in [-0.15, -0.1) is 11.3 Å². The number of nitrogens with zero attached hydrogens (tertiary/aromatic N) is 3. The molecule has 0 aliphatic carbocycles. The Morgan fingerprint density at radius 1 is 1.14 bits per heavy atom. The number of ether oxygens (including phenoxy) is 1. The third-order valence-corrected chi connectivity index (χ3v) is 11.0. The second kappa shape index (κ2) is 9.78. The van der Waals surface area contributed by atoms with Crippen molar-refractivity contribution >= 4 is 27.0 Å². The van der Waals surface area contributed by atoms with Crippen LogP contribution < -0.4 is 4.90 Å². The van der Waals surface area contributed by atoms with Crippen LogP contribution in [0, 0.1) is 0 Å².